The second-order valence-electron chi connectivity index (χ2n) is 8.19. The van der Waals surface area contributed by atoms with E-state index in [0.717, 1.165) is 55.1 Å². The van der Waals surface area contributed by atoms with Gasteiger partial charge in [0.25, 0.3) is 5.91 Å². The van der Waals surface area contributed by atoms with E-state index in [1.54, 1.807) is 23.6 Å². The summed E-state index contributed by atoms with van der Waals surface area (Å²) >= 11 is 7.86. The van der Waals surface area contributed by atoms with Crippen LogP contribution in [0.5, 0.6) is 0 Å². The predicted octanol–water partition coefficient (Wildman–Crippen LogP) is 4.64. The summed E-state index contributed by atoms with van der Waals surface area (Å²) < 4.78 is 6.59. The zero-order valence-corrected chi connectivity index (χ0v) is 18.8. The largest absolute Gasteiger partial charge is 0.378 e. The van der Waals surface area contributed by atoms with E-state index >= 15 is 0 Å². The monoisotopic (exact) mass is 456 g/mol. The lowest BCUT2D eigenvalue weighted by Crippen LogP contribution is -2.38. The van der Waals surface area contributed by atoms with Crippen molar-refractivity contribution in [2.24, 2.45) is 0 Å². The second-order valence-corrected chi connectivity index (χ2v) is 9.69. The molecular weight excluding hydrogens is 432 g/mol. The molecule has 1 saturated carbocycles. The SMILES string of the molecule is O=C(NC1CCC(c2nc3cc(Cl)ccc3s2)CC1)c1ccnc(N2CCOCC2)c1. The van der Waals surface area contributed by atoms with Crippen molar-refractivity contribution in [2.45, 2.75) is 37.6 Å². The number of amides is 1. The van der Waals surface area contributed by atoms with Crippen molar-refractivity contribution in [1.29, 1.82) is 0 Å². The number of nitrogens with one attached hydrogen (secondary N) is 1. The van der Waals surface area contributed by atoms with Crippen LogP contribution in [0.3, 0.4) is 0 Å². The van der Waals surface area contributed by atoms with Gasteiger partial charge in [-0.25, -0.2) is 9.97 Å². The molecule has 1 aliphatic carbocycles. The number of morpholine rings is 1. The summed E-state index contributed by atoms with van der Waals surface area (Å²) in [6.07, 6.45) is 5.72. The quantitative estimate of drug-likeness (QED) is 0.619. The van der Waals surface area contributed by atoms with Crippen molar-refractivity contribution in [3.8, 4) is 0 Å². The number of hydrogen-bond donors (Lipinski definition) is 1. The number of pyridine rings is 1. The number of anilines is 1. The maximum atomic E-state index is 12.8. The van der Waals surface area contributed by atoms with E-state index in [1.807, 2.05) is 24.3 Å². The fraction of sp³-hybridized carbons (Fsp3) is 0.435. The maximum absolute atomic E-state index is 12.8. The Bertz CT molecular complexity index is 1070. The van der Waals surface area contributed by atoms with Gasteiger partial charge >= 0.3 is 0 Å². The predicted molar refractivity (Wildman–Crippen MR) is 124 cm³/mol. The molecule has 3 aromatic rings. The summed E-state index contributed by atoms with van der Waals surface area (Å²) in [7, 11) is 0. The minimum atomic E-state index is -0.0185. The van der Waals surface area contributed by atoms with Crippen molar-refractivity contribution in [3.63, 3.8) is 0 Å². The Labute approximate surface area is 190 Å². The first kappa shape index (κ1) is 20.7. The zero-order chi connectivity index (χ0) is 21.2. The standard InChI is InChI=1S/C23H25ClN4O2S/c24-17-3-6-20-19(14-17)27-23(31-20)15-1-4-18(5-2-15)26-22(29)16-7-8-25-21(13-16)28-9-11-30-12-10-28/h3,6-8,13-15,18H,1-2,4-5,9-12H2,(H,26,29). The Kier molecular flexibility index (Phi) is 6.07. The van der Waals surface area contributed by atoms with Crippen molar-refractivity contribution >= 4 is 44.9 Å². The number of rotatable bonds is 4. The van der Waals surface area contributed by atoms with Crippen molar-refractivity contribution < 1.29 is 9.53 Å². The van der Waals surface area contributed by atoms with Gasteiger partial charge in [-0.1, -0.05) is 11.6 Å². The molecule has 1 amide bonds. The topological polar surface area (TPSA) is 67.4 Å². The van der Waals surface area contributed by atoms with Crippen LogP contribution < -0.4 is 10.2 Å². The third kappa shape index (κ3) is 4.68. The maximum Gasteiger partial charge on any atom is 0.251 e. The van der Waals surface area contributed by atoms with Crippen LogP contribution in [0.25, 0.3) is 10.2 Å². The second kappa shape index (κ2) is 9.10. The molecule has 6 nitrogen and oxygen atoms in total. The van der Waals surface area contributed by atoms with Gasteiger partial charge in [0.2, 0.25) is 0 Å². The number of carbonyl (C=O) groups is 1. The lowest BCUT2D eigenvalue weighted by Gasteiger charge is -2.29. The number of fused-ring (bicyclic) bond motifs is 1. The van der Waals surface area contributed by atoms with Crippen molar-refractivity contribution in [1.82, 2.24) is 15.3 Å². The molecule has 1 aromatic carbocycles. The van der Waals surface area contributed by atoms with Crippen LogP contribution in [0.2, 0.25) is 5.02 Å². The van der Waals surface area contributed by atoms with Crippen LogP contribution in [-0.4, -0.2) is 48.2 Å². The Morgan fingerprint density at radius 1 is 1.13 bits per heavy atom. The zero-order valence-electron chi connectivity index (χ0n) is 17.2. The van der Waals surface area contributed by atoms with Gasteiger partial charge in [0.15, 0.2) is 0 Å². The number of carbonyl (C=O) groups excluding carboxylic acids is 1. The third-order valence-corrected chi connectivity index (χ3v) is 7.55. The van der Waals surface area contributed by atoms with Gasteiger partial charge in [-0.2, -0.15) is 0 Å². The molecule has 0 atom stereocenters. The van der Waals surface area contributed by atoms with Gasteiger partial charge < -0.3 is 15.0 Å². The molecule has 5 rings (SSSR count). The molecule has 1 saturated heterocycles. The van der Waals surface area contributed by atoms with E-state index in [0.29, 0.717) is 24.7 Å². The van der Waals surface area contributed by atoms with Gasteiger partial charge in [0.1, 0.15) is 5.82 Å². The van der Waals surface area contributed by atoms with E-state index in [4.69, 9.17) is 21.3 Å². The molecule has 0 bridgehead atoms. The highest BCUT2D eigenvalue weighted by Gasteiger charge is 2.26. The highest BCUT2D eigenvalue weighted by molar-refractivity contribution is 7.18. The summed E-state index contributed by atoms with van der Waals surface area (Å²) in [5.41, 5.74) is 1.65. The van der Waals surface area contributed by atoms with Crippen LogP contribution in [0, 0.1) is 0 Å². The molecule has 0 spiro atoms. The van der Waals surface area contributed by atoms with E-state index in [1.165, 1.54) is 9.71 Å². The summed E-state index contributed by atoms with van der Waals surface area (Å²) in [5, 5.41) is 5.14. The summed E-state index contributed by atoms with van der Waals surface area (Å²) in [5.74, 6) is 1.28. The molecule has 0 unspecified atom stereocenters. The molecule has 8 heteroatoms. The van der Waals surface area contributed by atoms with Gasteiger partial charge in [0.05, 0.1) is 28.4 Å². The summed E-state index contributed by atoms with van der Waals surface area (Å²) in [6, 6.07) is 9.78. The van der Waals surface area contributed by atoms with Crippen LogP contribution in [0.4, 0.5) is 5.82 Å². The molecule has 2 aliphatic rings. The molecule has 1 aliphatic heterocycles. The first-order chi connectivity index (χ1) is 15.2. The van der Waals surface area contributed by atoms with E-state index < -0.39 is 0 Å². The Hall–Kier alpha value is -2.22. The molecule has 31 heavy (non-hydrogen) atoms. The first-order valence-corrected chi connectivity index (χ1v) is 12.0. The smallest absolute Gasteiger partial charge is 0.251 e. The lowest BCUT2D eigenvalue weighted by molar-refractivity contribution is 0.0925. The summed E-state index contributed by atoms with van der Waals surface area (Å²) in [6.45, 7) is 3.01. The average Bonchev–Trinajstić information content (AvgIpc) is 3.23. The highest BCUT2D eigenvalue weighted by atomic mass is 35.5. The molecule has 0 radical (unpaired) electrons. The fourth-order valence-electron chi connectivity index (χ4n) is 4.37. The van der Waals surface area contributed by atoms with Gasteiger partial charge in [-0.05, 0) is 56.0 Å². The van der Waals surface area contributed by atoms with Crippen molar-refractivity contribution in [2.75, 3.05) is 31.2 Å². The van der Waals surface area contributed by atoms with Crippen LogP contribution in [-0.2, 0) is 4.74 Å². The average molecular weight is 457 g/mol. The summed E-state index contributed by atoms with van der Waals surface area (Å²) in [4.78, 5) is 24.3. The number of nitrogens with zero attached hydrogens (tertiary/aromatic N) is 3. The number of thiazole rings is 1. The van der Waals surface area contributed by atoms with Crippen LogP contribution in [0.1, 0.15) is 47.0 Å². The third-order valence-electron chi connectivity index (χ3n) is 6.12. The lowest BCUT2D eigenvalue weighted by atomic mass is 9.86. The Morgan fingerprint density at radius 2 is 1.94 bits per heavy atom. The normalized spacial score (nSPS) is 21.9. The molecule has 2 aromatic heterocycles. The van der Waals surface area contributed by atoms with Crippen LogP contribution in [0.15, 0.2) is 36.5 Å². The van der Waals surface area contributed by atoms with Crippen molar-refractivity contribution in [3.05, 3.63) is 52.1 Å². The number of ether oxygens (including phenoxy) is 1. The van der Waals surface area contributed by atoms with Gasteiger partial charge in [-0.3, -0.25) is 4.79 Å². The first-order valence-electron chi connectivity index (χ1n) is 10.8. The minimum Gasteiger partial charge on any atom is -0.378 e. The Morgan fingerprint density at radius 3 is 2.74 bits per heavy atom. The molecule has 1 N–H and O–H groups in total. The molecule has 3 heterocycles. The fourth-order valence-corrected chi connectivity index (χ4v) is 5.65. The van der Waals surface area contributed by atoms with Gasteiger partial charge in [-0.15, -0.1) is 11.3 Å². The van der Waals surface area contributed by atoms with E-state index in [-0.39, 0.29) is 11.9 Å². The van der Waals surface area contributed by atoms with Crippen LogP contribution >= 0.6 is 22.9 Å². The number of hydrogen-bond acceptors (Lipinski definition) is 6. The van der Waals surface area contributed by atoms with E-state index in [2.05, 4.69) is 15.2 Å². The van der Waals surface area contributed by atoms with Gasteiger partial charge in [0, 0.05) is 41.8 Å². The minimum absolute atomic E-state index is 0.0185. The highest BCUT2D eigenvalue weighted by Crippen LogP contribution is 2.37. The number of halogens is 1. The number of aromatic nitrogens is 2. The van der Waals surface area contributed by atoms with E-state index in [9.17, 15) is 4.79 Å². The number of benzene rings is 1. The Balaban J connectivity index is 1.19. The molecule has 162 valence electrons. The molecular formula is C23H25ClN4O2S. The molecule has 2 fully saturated rings.